The first-order chi connectivity index (χ1) is 10.2. The van der Waals surface area contributed by atoms with Crippen molar-refractivity contribution < 1.29 is 4.39 Å². The Kier molecular flexibility index (Phi) is 6.36. The van der Waals surface area contributed by atoms with Gasteiger partial charge in [-0.2, -0.15) is 0 Å². The van der Waals surface area contributed by atoms with Crippen LogP contribution in [0.1, 0.15) is 17.5 Å². The Morgan fingerprint density at radius 2 is 1.81 bits per heavy atom. The smallest absolute Gasteiger partial charge is 0.123 e. The second-order valence-corrected chi connectivity index (χ2v) is 5.93. The Labute approximate surface area is 133 Å². The van der Waals surface area contributed by atoms with Crippen molar-refractivity contribution in [2.45, 2.75) is 19.5 Å². The third kappa shape index (κ3) is 5.23. The van der Waals surface area contributed by atoms with Crippen molar-refractivity contribution in [1.82, 2.24) is 4.90 Å². The van der Waals surface area contributed by atoms with Gasteiger partial charge in [-0.1, -0.05) is 46.3 Å². The fraction of sp³-hybridized carbons (Fsp3) is 0.294. The lowest BCUT2D eigenvalue weighted by Crippen LogP contribution is -2.25. The lowest BCUT2D eigenvalue weighted by Gasteiger charge is -2.23. The van der Waals surface area contributed by atoms with Crippen LogP contribution >= 0.6 is 15.9 Å². The molecule has 2 nitrogen and oxygen atoms in total. The number of hydrogen-bond acceptors (Lipinski definition) is 2. The summed E-state index contributed by atoms with van der Waals surface area (Å²) in [5.74, 6) is -0.202. The molecule has 0 aliphatic heterocycles. The number of benzene rings is 2. The molecule has 2 aromatic carbocycles. The van der Waals surface area contributed by atoms with Gasteiger partial charge in [0, 0.05) is 24.1 Å². The first-order valence-corrected chi connectivity index (χ1v) is 7.88. The molecule has 0 radical (unpaired) electrons. The van der Waals surface area contributed by atoms with E-state index in [0.29, 0.717) is 13.1 Å². The molecule has 0 amide bonds. The molecule has 2 N–H and O–H groups in total. The maximum absolute atomic E-state index is 13.4. The molecule has 4 heteroatoms. The van der Waals surface area contributed by atoms with Gasteiger partial charge < -0.3 is 5.73 Å². The molecule has 0 aliphatic carbocycles. The molecule has 112 valence electrons. The van der Waals surface area contributed by atoms with Crippen LogP contribution in [0.2, 0.25) is 0 Å². The van der Waals surface area contributed by atoms with Gasteiger partial charge >= 0.3 is 0 Å². The van der Waals surface area contributed by atoms with E-state index in [1.165, 1.54) is 11.6 Å². The van der Waals surface area contributed by atoms with Gasteiger partial charge in [-0.25, -0.2) is 4.39 Å². The summed E-state index contributed by atoms with van der Waals surface area (Å²) in [6.07, 6.45) is 0.930. The summed E-state index contributed by atoms with van der Waals surface area (Å²) in [6.45, 7) is 3.10. The second kappa shape index (κ2) is 8.27. The Hall–Kier alpha value is -1.23. The van der Waals surface area contributed by atoms with E-state index in [-0.39, 0.29) is 5.82 Å². The average Bonchev–Trinajstić information content (AvgIpc) is 2.49. The zero-order valence-electron chi connectivity index (χ0n) is 11.9. The highest BCUT2D eigenvalue weighted by Gasteiger charge is 2.10. The highest BCUT2D eigenvalue weighted by molar-refractivity contribution is 9.10. The van der Waals surface area contributed by atoms with Crippen LogP contribution in [0.4, 0.5) is 4.39 Å². The molecule has 0 saturated carbocycles. The number of halogens is 2. The summed E-state index contributed by atoms with van der Waals surface area (Å²) in [5.41, 5.74) is 7.83. The molecule has 21 heavy (non-hydrogen) atoms. The van der Waals surface area contributed by atoms with Crippen LogP contribution in [0.5, 0.6) is 0 Å². The standard InChI is InChI=1S/C17H20BrFN2/c18-17-8-7-16(19)11-15(17)13-21(10-4-9-20)12-14-5-2-1-3-6-14/h1-3,5-8,11H,4,9-10,12-13,20H2. The van der Waals surface area contributed by atoms with Gasteiger partial charge in [0.25, 0.3) is 0 Å². The zero-order chi connectivity index (χ0) is 15.1. The molecule has 0 aliphatic rings. The molecule has 0 heterocycles. The van der Waals surface area contributed by atoms with Crippen LogP contribution in [-0.2, 0) is 13.1 Å². The molecule has 0 saturated heterocycles. The van der Waals surface area contributed by atoms with E-state index >= 15 is 0 Å². The molecular weight excluding hydrogens is 331 g/mol. The molecule has 0 fully saturated rings. The average molecular weight is 351 g/mol. The summed E-state index contributed by atoms with van der Waals surface area (Å²) in [5, 5.41) is 0. The maximum atomic E-state index is 13.4. The monoisotopic (exact) mass is 350 g/mol. The van der Waals surface area contributed by atoms with Crippen molar-refractivity contribution in [3.8, 4) is 0 Å². The molecule has 2 rings (SSSR count). The van der Waals surface area contributed by atoms with Crippen molar-refractivity contribution >= 4 is 15.9 Å². The number of hydrogen-bond donors (Lipinski definition) is 1. The van der Waals surface area contributed by atoms with Crippen molar-refractivity contribution in [2.24, 2.45) is 5.73 Å². The molecule has 0 spiro atoms. The number of nitrogens with two attached hydrogens (primary N) is 1. The van der Waals surface area contributed by atoms with E-state index in [2.05, 4.69) is 33.0 Å². The summed E-state index contributed by atoms with van der Waals surface area (Å²) >= 11 is 3.49. The SMILES string of the molecule is NCCCN(Cc1ccccc1)Cc1cc(F)ccc1Br. The quantitative estimate of drug-likeness (QED) is 0.819. The first kappa shape index (κ1) is 16.1. The van der Waals surface area contributed by atoms with Gasteiger partial charge in [-0.05, 0) is 42.3 Å². The molecule has 0 aromatic heterocycles. The van der Waals surface area contributed by atoms with Crippen LogP contribution in [0, 0.1) is 5.82 Å². The van der Waals surface area contributed by atoms with Crippen molar-refractivity contribution in [2.75, 3.05) is 13.1 Å². The largest absolute Gasteiger partial charge is 0.330 e. The molecular formula is C17H20BrFN2. The lowest BCUT2D eigenvalue weighted by molar-refractivity contribution is 0.254. The highest BCUT2D eigenvalue weighted by Crippen LogP contribution is 2.20. The minimum Gasteiger partial charge on any atom is -0.330 e. The first-order valence-electron chi connectivity index (χ1n) is 7.09. The van der Waals surface area contributed by atoms with E-state index in [9.17, 15) is 4.39 Å². The van der Waals surface area contributed by atoms with Crippen LogP contribution in [0.15, 0.2) is 53.0 Å². The Morgan fingerprint density at radius 3 is 2.52 bits per heavy atom. The third-order valence-corrected chi connectivity index (χ3v) is 4.10. The van der Waals surface area contributed by atoms with Gasteiger partial charge in [0.1, 0.15) is 5.82 Å². The predicted octanol–water partition coefficient (Wildman–Crippen LogP) is 3.94. The minimum absolute atomic E-state index is 0.202. The van der Waals surface area contributed by atoms with Gasteiger partial charge in [0.15, 0.2) is 0 Å². The van der Waals surface area contributed by atoms with E-state index < -0.39 is 0 Å². The molecule has 0 unspecified atom stereocenters. The lowest BCUT2D eigenvalue weighted by atomic mass is 10.1. The summed E-state index contributed by atoms with van der Waals surface area (Å²) in [7, 11) is 0. The van der Waals surface area contributed by atoms with Crippen LogP contribution in [-0.4, -0.2) is 18.0 Å². The Balaban J connectivity index is 2.10. The van der Waals surface area contributed by atoms with Gasteiger partial charge in [-0.15, -0.1) is 0 Å². The van der Waals surface area contributed by atoms with Crippen molar-refractivity contribution in [3.63, 3.8) is 0 Å². The van der Waals surface area contributed by atoms with E-state index in [1.807, 2.05) is 18.2 Å². The predicted molar refractivity (Wildman–Crippen MR) is 88.3 cm³/mol. The Bertz CT molecular complexity index is 560. The molecule has 0 atom stereocenters. The minimum atomic E-state index is -0.202. The number of nitrogens with zero attached hydrogens (tertiary/aromatic N) is 1. The number of rotatable bonds is 7. The summed E-state index contributed by atoms with van der Waals surface area (Å²) < 4.78 is 14.4. The highest BCUT2D eigenvalue weighted by atomic mass is 79.9. The van der Waals surface area contributed by atoms with Crippen LogP contribution < -0.4 is 5.73 Å². The summed E-state index contributed by atoms with van der Waals surface area (Å²) in [6, 6.07) is 15.1. The normalized spacial score (nSPS) is 11.0. The van der Waals surface area contributed by atoms with E-state index in [4.69, 9.17) is 5.73 Å². The van der Waals surface area contributed by atoms with Crippen LogP contribution in [0.25, 0.3) is 0 Å². The Morgan fingerprint density at radius 1 is 1.05 bits per heavy atom. The van der Waals surface area contributed by atoms with Crippen molar-refractivity contribution in [1.29, 1.82) is 0 Å². The van der Waals surface area contributed by atoms with E-state index in [0.717, 1.165) is 29.5 Å². The van der Waals surface area contributed by atoms with Crippen molar-refractivity contribution in [3.05, 3.63) is 69.9 Å². The van der Waals surface area contributed by atoms with Crippen LogP contribution in [0.3, 0.4) is 0 Å². The zero-order valence-corrected chi connectivity index (χ0v) is 13.5. The van der Waals surface area contributed by atoms with Gasteiger partial charge in [0.2, 0.25) is 0 Å². The molecule has 2 aromatic rings. The summed E-state index contributed by atoms with van der Waals surface area (Å²) in [4.78, 5) is 2.29. The second-order valence-electron chi connectivity index (χ2n) is 5.07. The fourth-order valence-corrected chi connectivity index (χ4v) is 2.65. The maximum Gasteiger partial charge on any atom is 0.123 e. The van der Waals surface area contributed by atoms with E-state index in [1.54, 1.807) is 12.1 Å². The van der Waals surface area contributed by atoms with Gasteiger partial charge in [-0.3, -0.25) is 4.90 Å². The third-order valence-electron chi connectivity index (χ3n) is 3.33. The molecule has 0 bridgehead atoms. The van der Waals surface area contributed by atoms with Gasteiger partial charge in [0.05, 0.1) is 0 Å². The fourth-order valence-electron chi connectivity index (χ4n) is 2.28. The topological polar surface area (TPSA) is 29.3 Å².